The molecule has 0 saturated heterocycles. The first-order valence-corrected chi connectivity index (χ1v) is 16.8. The van der Waals surface area contributed by atoms with E-state index >= 15 is 0 Å². The van der Waals surface area contributed by atoms with Crippen molar-refractivity contribution in [3.63, 3.8) is 0 Å². The molecule has 0 aromatic heterocycles. The van der Waals surface area contributed by atoms with Crippen LogP contribution in [0.3, 0.4) is 0 Å². The fourth-order valence-corrected chi connectivity index (χ4v) is 4.19. The fraction of sp³-hybridized carbons (Fsp3) is 1.00. The Morgan fingerprint density at radius 2 is 0.684 bits per heavy atom. The molecule has 3 aliphatic rings. The van der Waals surface area contributed by atoms with Crippen molar-refractivity contribution in [3.8, 4) is 0 Å². The molecule has 232 valence electrons. The van der Waals surface area contributed by atoms with Crippen molar-refractivity contribution in [1.82, 2.24) is 0 Å². The van der Waals surface area contributed by atoms with Crippen molar-refractivity contribution in [3.05, 3.63) is 0 Å². The third kappa shape index (κ3) is 22.8. The molecular weight excluding hydrogens is 456 g/mol. The minimum Gasteiger partial charge on any atom is -0.0649 e. The molecule has 3 saturated carbocycles. The topological polar surface area (TPSA) is 0 Å². The van der Waals surface area contributed by atoms with E-state index < -0.39 is 0 Å². The molecule has 0 amide bonds. The van der Waals surface area contributed by atoms with Crippen LogP contribution < -0.4 is 0 Å². The van der Waals surface area contributed by atoms with Gasteiger partial charge in [-0.3, -0.25) is 0 Å². The molecule has 3 fully saturated rings. The number of hydrogen-bond acceptors (Lipinski definition) is 0. The van der Waals surface area contributed by atoms with E-state index in [1.165, 1.54) is 70.6 Å². The van der Waals surface area contributed by atoms with Crippen molar-refractivity contribution < 1.29 is 0 Å². The summed E-state index contributed by atoms with van der Waals surface area (Å²) in [6, 6.07) is 0. The van der Waals surface area contributed by atoms with Gasteiger partial charge >= 0.3 is 0 Å². The maximum Gasteiger partial charge on any atom is -0.0354 e. The monoisotopic (exact) mass is 537 g/mol. The van der Waals surface area contributed by atoms with Crippen LogP contribution >= 0.6 is 0 Å². The van der Waals surface area contributed by atoms with Gasteiger partial charge in [0.25, 0.3) is 0 Å². The maximum atomic E-state index is 2.38. The molecule has 0 nitrogen and oxygen atoms in total. The van der Waals surface area contributed by atoms with Crippen LogP contribution in [0.1, 0.15) is 195 Å². The van der Waals surface area contributed by atoms with Gasteiger partial charge in [0, 0.05) is 0 Å². The van der Waals surface area contributed by atoms with Gasteiger partial charge < -0.3 is 0 Å². The average molecular weight is 537 g/mol. The van der Waals surface area contributed by atoms with Gasteiger partial charge in [0.15, 0.2) is 0 Å². The summed E-state index contributed by atoms with van der Waals surface area (Å²) in [7, 11) is 0. The summed E-state index contributed by atoms with van der Waals surface area (Å²) in [5.74, 6) is 3.88. The molecule has 0 heterocycles. The summed E-state index contributed by atoms with van der Waals surface area (Å²) >= 11 is 0. The Kier molecular flexibility index (Phi) is 18.0. The van der Waals surface area contributed by atoms with Crippen LogP contribution in [0.4, 0.5) is 0 Å². The van der Waals surface area contributed by atoms with Crippen LogP contribution in [0.5, 0.6) is 0 Å². The number of rotatable bonds is 0. The Bertz CT molecular complexity index is 532. The first kappa shape index (κ1) is 40.1. The highest BCUT2D eigenvalue weighted by Crippen LogP contribution is 2.44. The van der Waals surface area contributed by atoms with Gasteiger partial charge in [0.1, 0.15) is 0 Å². The van der Waals surface area contributed by atoms with Gasteiger partial charge in [-0.1, -0.05) is 157 Å². The van der Waals surface area contributed by atoms with Crippen LogP contribution in [0.2, 0.25) is 0 Å². The van der Waals surface area contributed by atoms with Crippen LogP contribution in [0.25, 0.3) is 0 Å². The van der Waals surface area contributed by atoms with E-state index in [0.29, 0.717) is 27.1 Å². The van der Waals surface area contributed by atoms with Crippen LogP contribution in [0.15, 0.2) is 0 Å². The van der Waals surface area contributed by atoms with Crippen LogP contribution in [-0.4, -0.2) is 0 Å². The first-order chi connectivity index (χ1) is 16.8. The fourth-order valence-electron chi connectivity index (χ4n) is 4.19. The second-order valence-electron chi connectivity index (χ2n) is 18.8. The van der Waals surface area contributed by atoms with Crippen molar-refractivity contribution in [2.75, 3.05) is 0 Å². The Labute approximate surface area is 245 Å². The summed E-state index contributed by atoms with van der Waals surface area (Å²) in [4.78, 5) is 0. The lowest BCUT2D eigenvalue weighted by molar-refractivity contribution is 0.141. The Morgan fingerprint density at radius 1 is 0.447 bits per heavy atom. The van der Waals surface area contributed by atoms with Gasteiger partial charge in [0.05, 0.1) is 0 Å². The lowest BCUT2D eigenvalue weighted by Gasteiger charge is -2.37. The minimum absolute atomic E-state index is 0.500. The molecule has 3 aliphatic carbocycles. The number of hydrogen-bond donors (Lipinski definition) is 0. The van der Waals surface area contributed by atoms with E-state index in [9.17, 15) is 0 Å². The molecule has 3 rings (SSSR count). The highest BCUT2D eigenvalue weighted by atomic mass is 14.4. The molecular formula is C38H80. The molecule has 0 N–H and O–H groups in total. The van der Waals surface area contributed by atoms with Gasteiger partial charge in [-0.15, -0.1) is 0 Å². The zero-order valence-corrected chi connectivity index (χ0v) is 30.6. The van der Waals surface area contributed by atoms with Gasteiger partial charge in [-0.2, -0.15) is 0 Å². The predicted molar refractivity (Wildman–Crippen MR) is 179 cm³/mol. The Hall–Kier alpha value is 0. The van der Waals surface area contributed by atoms with Crippen LogP contribution in [-0.2, 0) is 0 Å². The summed E-state index contributed by atoms with van der Waals surface area (Å²) < 4.78 is 0. The van der Waals surface area contributed by atoms with Gasteiger partial charge in [0.2, 0.25) is 0 Å². The molecule has 0 unspecified atom stereocenters. The van der Waals surface area contributed by atoms with Crippen molar-refractivity contribution in [1.29, 1.82) is 0 Å². The van der Waals surface area contributed by atoms with E-state index in [0.717, 1.165) is 23.7 Å². The maximum absolute atomic E-state index is 2.38. The van der Waals surface area contributed by atoms with Crippen molar-refractivity contribution in [2.24, 2.45) is 50.7 Å². The lowest BCUT2D eigenvalue weighted by atomic mass is 9.69. The van der Waals surface area contributed by atoms with Crippen molar-refractivity contribution in [2.45, 2.75) is 195 Å². The molecule has 0 bridgehead atoms. The Balaban J connectivity index is 0. The second kappa shape index (κ2) is 17.1. The van der Waals surface area contributed by atoms with E-state index in [-0.39, 0.29) is 0 Å². The summed E-state index contributed by atoms with van der Waals surface area (Å²) in [5, 5.41) is 0. The standard InChI is InChI=1S/C10H20.C8H16.C7H14.C7H16.C6H14/c1-10(2,3)9-7-5-4-6-8-9;1-8(2,3)7-5-4-6-7;1-7(2,3)6-4-5-6;1-6(2)7(3,4)5;1-5-6(2,3)4/h9H,4-8H2,1-3H3;7H,4-6H2,1-3H3;6H,4-5H2,1-3H3;6H,1-5H3;5H2,1-4H3. The minimum atomic E-state index is 0.500. The molecule has 0 atom stereocenters. The van der Waals surface area contributed by atoms with E-state index in [1.807, 2.05) is 0 Å². The molecule has 0 radical (unpaired) electrons. The molecule has 0 aromatic carbocycles. The highest BCUT2D eigenvalue weighted by Gasteiger charge is 2.33. The molecule has 0 heteroatoms. The van der Waals surface area contributed by atoms with E-state index in [4.69, 9.17) is 0 Å². The molecule has 38 heavy (non-hydrogen) atoms. The van der Waals surface area contributed by atoms with E-state index in [2.05, 4.69) is 125 Å². The first-order valence-electron chi connectivity index (χ1n) is 16.8. The summed E-state index contributed by atoms with van der Waals surface area (Å²) in [6.07, 6.45) is 16.0. The highest BCUT2D eigenvalue weighted by molar-refractivity contribution is 4.84. The molecule has 0 aliphatic heterocycles. The largest absolute Gasteiger partial charge is 0.0649 e. The Morgan fingerprint density at radius 3 is 0.763 bits per heavy atom. The second-order valence-corrected chi connectivity index (χ2v) is 18.8. The quantitative estimate of drug-likeness (QED) is 0.289. The van der Waals surface area contributed by atoms with E-state index in [1.54, 1.807) is 0 Å². The predicted octanol–water partition coefficient (Wildman–Crippen LogP) is 14.0. The van der Waals surface area contributed by atoms with Crippen molar-refractivity contribution >= 4 is 0 Å². The SMILES string of the molecule is CC(C)(C)C1CC1.CC(C)(C)C1CCC1.CC(C)(C)C1CCCCC1.CC(C)C(C)(C)C.CCC(C)(C)C. The normalized spacial score (nSPS) is 19.3. The lowest BCUT2D eigenvalue weighted by Crippen LogP contribution is -2.26. The molecule has 0 spiro atoms. The van der Waals surface area contributed by atoms with Gasteiger partial charge in [-0.05, 0) is 89.3 Å². The van der Waals surface area contributed by atoms with Gasteiger partial charge in [-0.25, -0.2) is 0 Å². The third-order valence-corrected chi connectivity index (χ3v) is 9.75. The smallest absolute Gasteiger partial charge is 0.0354 e. The molecule has 0 aromatic rings. The summed E-state index contributed by atoms with van der Waals surface area (Å²) in [5.41, 5.74) is 2.82. The average Bonchev–Trinajstić information content (AvgIpc) is 3.51. The third-order valence-electron chi connectivity index (χ3n) is 9.75. The van der Waals surface area contributed by atoms with Crippen LogP contribution in [0, 0.1) is 50.7 Å². The zero-order chi connectivity index (χ0) is 30.6. The zero-order valence-electron chi connectivity index (χ0n) is 30.6. The summed E-state index contributed by atoms with van der Waals surface area (Å²) in [6.45, 7) is 41.4.